The molecule has 0 bridgehead atoms. The lowest BCUT2D eigenvalue weighted by Crippen LogP contribution is -2.31. The van der Waals surface area contributed by atoms with Crippen LogP contribution in [0.2, 0.25) is 0 Å². The molecule has 0 saturated heterocycles. The molecule has 1 aromatic rings. The number of hydrogen-bond donors (Lipinski definition) is 1. The number of allylic oxidation sites excluding steroid dienone is 1. The molecule has 0 radical (unpaired) electrons. The number of aryl methyl sites for hydroxylation is 1. The number of aliphatic imine (C=N–C) groups is 1. The van der Waals surface area contributed by atoms with Crippen LogP contribution in [0.1, 0.15) is 49.9 Å². The van der Waals surface area contributed by atoms with Crippen molar-refractivity contribution in [3.05, 3.63) is 35.6 Å². The Morgan fingerprint density at radius 2 is 2.25 bits per heavy atom. The van der Waals surface area contributed by atoms with Crippen LogP contribution in [0.5, 0.6) is 0 Å². The zero-order chi connectivity index (χ0) is 17.4. The number of anilines is 1. The Labute approximate surface area is 146 Å². The summed E-state index contributed by atoms with van der Waals surface area (Å²) in [5.41, 5.74) is 4.60. The van der Waals surface area contributed by atoms with Crippen molar-refractivity contribution in [2.45, 2.75) is 46.5 Å². The Kier molecular flexibility index (Phi) is 7.19. The molecule has 130 valence electrons. The fraction of sp³-hybridized carbons (Fsp3) is 0.500. The molecule has 0 unspecified atom stereocenters. The fourth-order valence-corrected chi connectivity index (χ4v) is 3.06. The first-order chi connectivity index (χ1) is 11.7. The molecule has 0 saturated carbocycles. The second-order valence-electron chi connectivity index (χ2n) is 6.15. The van der Waals surface area contributed by atoms with E-state index in [0.29, 0.717) is 0 Å². The third-order valence-corrected chi connectivity index (χ3v) is 4.29. The first-order valence-corrected chi connectivity index (χ1v) is 8.97. The van der Waals surface area contributed by atoms with E-state index < -0.39 is 0 Å². The lowest BCUT2D eigenvalue weighted by molar-refractivity contribution is 0.298. The maximum atomic E-state index is 4.88. The summed E-state index contributed by atoms with van der Waals surface area (Å²) in [5, 5.41) is 3.53. The van der Waals surface area contributed by atoms with Crippen LogP contribution in [0.4, 0.5) is 11.5 Å². The van der Waals surface area contributed by atoms with Crippen molar-refractivity contribution in [3.63, 3.8) is 0 Å². The van der Waals surface area contributed by atoms with E-state index in [1.54, 1.807) is 0 Å². The molecule has 4 nitrogen and oxygen atoms in total. The molecule has 1 N–H and O–H groups in total. The van der Waals surface area contributed by atoms with E-state index in [1.807, 2.05) is 19.2 Å². The monoisotopic (exact) mass is 326 g/mol. The fourth-order valence-electron chi connectivity index (χ4n) is 3.06. The molecular formula is C20H30N4. The average Bonchev–Trinajstić information content (AvgIpc) is 2.60. The minimum absolute atomic E-state index is 0.787. The molecule has 4 heteroatoms. The number of nitrogens with zero attached hydrogens (tertiary/aromatic N) is 3. The number of hydrogen-bond acceptors (Lipinski definition) is 4. The summed E-state index contributed by atoms with van der Waals surface area (Å²) in [6, 6.07) is 0. The van der Waals surface area contributed by atoms with Crippen molar-refractivity contribution in [3.8, 4) is 0 Å². The molecule has 1 aliphatic rings. The number of pyridine rings is 1. The Bertz CT molecular complexity index is 617. The predicted molar refractivity (Wildman–Crippen MR) is 105 cm³/mol. The SMILES string of the molecule is C=CCCN(CCC)CNc1nc2c(c(C)c1N=CC)C=CCC2. The van der Waals surface area contributed by atoms with Gasteiger partial charge in [0.2, 0.25) is 0 Å². The Morgan fingerprint density at radius 1 is 1.42 bits per heavy atom. The summed E-state index contributed by atoms with van der Waals surface area (Å²) in [4.78, 5) is 11.9. The van der Waals surface area contributed by atoms with Gasteiger partial charge in [0.1, 0.15) is 5.69 Å². The quantitative estimate of drug-likeness (QED) is 0.405. The highest BCUT2D eigenvalue weighted by Gasteiger charge is 2.17. The highest BCUT2D eigenvalue weighted by Crippen LogP contribution is 2.34. The number of aromatic nitrogens is 1. The van der Waals surface area contributed by atoms with Gasteiger partial charge in [-0.05, 0) is 51.6 Å². The average molecular weight is 326 g/mol. The van der Waals surface area contributed by atoms with Gasteiger partial charge in [0.05, 0.1) is 12.4 Å². The van der Waals surface area contributed by atoms with E-state index in [-0.39, 0.29) is 0 Å². The lowest BCUT2D eigenvalue weighted by atomic mass is 9.97. The van der Waals surface area contributed by atoms with Crippen molar-refractivity contribution in [2.24, 2.45) is 4.99 Å². The standard InChI is InChI=1S/C20H30N4/c1-5-8-14-24(13-6-2)15-22-20-19(21-7-3)16(4)17-11-9-10-12-18(17)23-20/h5,7,9,11H,1,6,8,10,12-15H2,2-4H3,(H,22,23). The zero-order valence-electron chi connectivity index (χ0n) is 15.3. The first-order valence-electron chi connectivity index (χ1n) is 8.97. The third kappa shape index (κ3) is 4.54. The van der Waals surface area contributed by atoms with Crippen LogP contribution < -0.4 is 5.32 Å². The van der Waals surface area contributed by atoms with Crippen LogP contribution in [0.15, 0.2) is 23.7 Å². The van der Waals surface area contributed by atoms with Crippen molar-refractivity contribution >= 4 is 23.8 Å². The molecule has 0 spiro atoms. The van der Waals surface area contributed by atoms with Gasteiger partial charge in [0.25, 0.3) is 0 Å². The molecule has 2 rings (SSSR count). The molecule has 0 atom stereocenters. The van der Waals surface area contributed by atoms with Crippen LogP contribution in [0.25, 0.3) is 6.08 Å². The van der Waals surface area contributed by atoms with Gasteiger partial charge in [-0.1, -0.05) is 25.2 Å². The third-order valence-electron chi connectivity index (χ3n) is 4.29. The molecule has 1 aromatic heterocycles. The Morgan fingerprint density at radius 3 is 2.96 bits per heavy atom. The molecule has 0 aromatic carbocycles. The van der Waals surface area contributed by atoms with Crippen LogP contribution in [0.3, 0.4) is 0 Å². The van der Waals surface area contributed by atoms with Gasteiger partial charge in [-0.25, -0.2) is 4.98 Å². The summed E-state index contributed by atoms with van der Waals surface area (Å²) in [5.74, 6) is 0.902. The van der Waals surface area contributed by atoms with Gasteiger partial charge < -0.3 is 5.32 Å². The molecule has 0 amide bonds. The van der Waals surface area contributed by atoms with Gasteiger partial charge in [-0.3, -0.25) is 9.89 Å². The Hall–Kier alpha value is -1.94. The highest BCUT2D eigenvalue weighted by atomic mass is 15.2. The van der Waals surface area contributed by atoms with Crippen LogP contribution in [-0.4, -0.2) is 35.9 Å². The second-order valence-corrected chi connectivity index (χ2v) is 6.15. The van der Waals surface area contributed by atoms with E-state index >= 15 is 0 Å². The maximum absolute atomic E-state index is 4.88. The molecule has 24 heavy (non-hydrogen) atoms. The molecule has 0 aliphatic heterocycles. The Balaban J connectivity index is 2.23. The number of nitrogens with one attached hydrogen (secondary N) is 1. The normalized spacial score (nSPS) is 13.5. The topological polar surface area (TPSA) is 40.5 Å². The summed E-state index contributed by atoms with van der Waals surface area (Å²) in [7, 11) is 0. The minimum atomic E-state index is 0.787. The minimum Gasteiger partial charge on any atom is -0.355 e. The number of fused-ring (bicyclic) bond motifs is 1. The van der Waals surface area contributed by atoms with Gasteiger partial charge in [-0.15, -0.1) is 6.58 Å². The van der Waals surface area contributed by atoms with Crippen molar-refractivity contribution in [1.29, 1.82) is 0 Å². The molecule has 0 fully saturated rings. The lowest BCUT2D eigenvalue weighted by Gasteiger charge is -2.24. The predicted octanol–water partition coefficient (Wildman–Crippen LogP) is 4.73. The molecular weight excluding hydrogens is 296 g/mol. The van der Waals surface area contributed by atoms with E-state index in [9.17, 15) is 0 Å². The smallest absolute Gasteiger partial charge is 0.153 e. The molecule has 1 aliphatic carbocycles. The summed E-state index contributed by atoms with van der Waals surface area (Å²) >= 11 is 0. The summed E-state index contributed by atoms with van der Waals surface area (Å²) in [6.45, 7) is 13.0. The van der Waals surface area contributed by atoms with Gasteiger partial charge in [-0.2, -0.15) is 0 Å². The van der Waals surface area contributed by atoms with E-state index in [4.69, 9.17) is 4.98 Å². The van der Waals surface area contributed by atoms with Crippen LogP contribution >= 0.6 is 0 Å². The van der Waals surface area contributed by atoms with Gasteiger partial charge in [0.15, 0.2) is 5.82 Å². The van der Waals surface area contributed by atoms with Crippen LogP contribution in [0, 0.1) is 6.92 Å². The number of rotatable bonds is 9. The van der Waals surface area contributed by atoms with Gasteiger partial charge in [0, 0.05) is 18.3 Å². The summed E-state index contributed by atoms with van der Waals surface area (Å²) in [6.07, 6.45) is 12.4. The van der Waals surface area contributed by atoms with E-state index in [2.05, 4.69) is 47.8 Å². The largest absolute Gasteiger partial charge is 0.355 e. The van der Waals surface area contributed by atoms with Crippen molar-refractivity contribution in [2.75, 3.05) is 25.1 Å². The van der Waals surface area contributed by atoms with Crippen LogP contribution in [-0.2, 0) is 6.42 Å². The van der Waals surface area contributed by atoms with Crippen molar-refractivity contribution in [1.82, 2.24) is 9.88 Å². The zero-order valence-corrected chi connectivity index (χ0v) is 15.3. The highest BCUT2D eigenvalue weighted by molar-refractivity contribution is 5.77. The summed E-state index contributed by atoms with van der Waals surface area (Å²) < 4.78 is 0. The molecule has 1 heterocycles. The van der Waals surface area contributed by atoms with Gasteiger partial charge >= 0.3 is 0 Å². The van der Waals surface area contributed by atoms with Crippen molar-refractivity contribution < 1.29 is 0 Å². The first kappa shape index (κ1) is 18.4. The van der Waals surface area contributed by atoms with E-state index in [1.165, 1.54) is 16.8 Å². The van der Waals surface area contributed by atoms with E-state index in [0.717, 1.165) is 56.9 Å². The second kappa shape index (κ2) is 9.38. The maximum Gasteiger partial charge on any atom is 0.153 e.